The maximum atomic E-state index is 12.1. The fourth-order valence-electron chi connectivity index (χ4n) is 2.33. The zero-order valence-corrected chi connectivity index (χ0v) is 12.0. The minimum Gasteiger partial charge on any atom is -0.435 e. The zero-order chi connectivity index (χ0) is 15.3. The van der Waals surface area contributed by atoms with Gasteiger partial charge in [0.2, 0.25) is 0 Å². The highest BCUT2D eigenvalue weighted by molar-refractivity contribution is 5.29. The van der Waals surface area contributed by atoms with E-state index in [-0.39, 0.29) is 11.8 Å². The maximum absolute atomic E-state index is 12.1. The van der Waals surface area contributed by atoms with Gasteiger partial charge in [-0.3, -0.25) is 0 Å². The summed E-state index contributed by atoms with van der Waals surface area (Å²) in [5.74, 6) is 0.143. The molecule has 1 heterocycles. The summed E-state index contributed by atoms with van der Waals surface area (Å²) in [7, 11) is 0. The Morgan fingerprint density at radius 2 is 1.90 bits per heavy atom. The van der Waals surface area contributed by atoms with Crippen molar-refractivity contribution in [1.82, 2.24) is 5.32 Å². The second kappa shape index (κ2) is 7.15. The number of benzene rings is 1. The fourth-order valence-corrected chi connectivity index (χ4v) is 2.33. The lowest BCUT2D eigenvalue weighted by Gasteiger charge is -2.33. The summed E-state index contributed by atoms with van der Waals surface area (Å²) in [6, 6.07) is 6.52. The van der Waals surface area contributed by atoms with Gasteiger partial charge < -0.3 is 19.9 Å². The third kappa shape index (κ3) is 4.91. The van der Waals surface area contributed by atoms with Crippen LogP contribution in [0, 0.1) is 0 Å². The van der Waals surface area contributed by atoms with Crippen LogP contribution in [0.1, 0.15) is 31.4 Å². The number of ether oxygens (including phenoxy) is 2. The van der Waals surface area contributed by atoms with Gasteiger partial charge in [0.05, 0.1) is 5.60 Å². The molecule has 0 aliphatic carbocycles. The minimum absolute atomic E-state index is 0.0115. The van der Waals surface area contributed by atoms with Crippen LogP contribution in [0.3, 0.4) is 0 Å². The number of halogens is 2. The smallest absolute Gasteiger partial charge is 0.387 e. The largest absolute Gasteiger partial charge is 0.435 e. The first-order valence-corrected chi connectivity index (χ1v) is 7.07. The highest BCUT2D eigenvalue weighted by Gasteiger charge is 2.29. The molecule has 118 valence electrons. The van der Waals surface area contributed by atoms with E-state index in [1.54, 1.807) is 12.1 Å². The molecule has 6 heteroatoms. The van der Waals surface area contributed by atoms with Crippen LogP contribution in [0.2, 0.25) is 0 Å². The Morgan fingerprint density at radius 1 is 1.29 bits per heavy atom. The van der Waals surface area contributed by atoms with Gasteiger partial charge in [-0.25, -0.2) is 0 Å². The lowest BCUT2D eigenvalue weighted by atomic mass is 9.94. The molecule has 1 atom stereocenters. The molecule has 1 saturated heterocycles. The summed E-state index contributed by atoms with van der Waals surface area (Å²) in [4.78, 5) is 0. The average Bonchev–Trinajstić information content (AvgIpc) is 2.46. The van der Waals surface area contributed by atoms with Gasteiger partial charge in [0.25, 0.3) is 0 Å². The Morgan fingerprint density at radius 3 is 2.48 bits per heavy atom. The van der Waals surface area contributed by atoms with E-state index in [1.165, 1.54) is 12.1 Å². The summed E-state index contributed by atoms with van der Waals surface area (Å²) >= 11 is 0. The van der Waals surface area contributed by atoms with E-state index in [0.717, 1.165) is 5.56 Å². The van der Waals surface area contributed by atoms with Crippen molar-refractivity contribution in [3.05, 3.63) is 29.8 Å². The Hall–Kier alpha value is -1.24. The Labute approximate surface area is 123 Å². The van der Waals surface area contributed by atoms with Gasteiger partial charge in [-0.1, -0.05) is 12.1 Å². The van der Waals surface area contributed by atoms with E-state index in [2.05, 4.69) is 10.1 Å². The summed E-state index contributed by atoms with van der Waals surface area (Å²) in [6.07, 6.45) is 1.24. The molecule has 1 aliphatic rings. The van der Waals surface area contributed by atoms with Crippen molar-refractivity contribution in [2.24, 2.45) is 0 Å². The molecule has 2 N–H and O–H groups in total. The van der Waals surface area contributed by atoms with Gasteiger partial charge in [-0.15, -0.1) is 0 Å². The van der Waals surface area contributed by atoms with E-state index in [9.17, 15) is 13.9 Å². The molecule has 1 aliphatic heterocycles. The van der Waals surface area contributed by atoms with E-state index >= 15 is 0 Å². The normalized spacial score (nSPS) is 19.5. The first kappa shape index (κ1) is 16.1. The molecule has 0 radical (unpaired) electrons. The van der Waals surface area contributed by atoms with Crippen LogP contribution < -0.4 is 10.1 Å². The van der Waals surface area contributed by atoms with Gasteiger partial charge in [0.1, 0.15) is 5.75 Å². The monoisotopic (exact) mass is 301 g/mol. The summed E-state index contributed by atoms with van der Waals surface area (Å²) in [6.45, 7) is 0.783. The number of nitrogens with one attached hydrogen (secondary N) is 1. The second-order valence-corrected chi connectivity index (χ2v) is 5.39. The van der Waals surface area contributed by atoms with Crippen molar-refractivity contribution in [2.45, 2.75) is 38.0 Å². The summed E-state index contributed by atoms with van der Waals surface area (Å²) in [5.41, 5.74) is 0.220. The SMILES string of the molecule is CC(NCC1(O)CCOCC1)c1ccc(OC(F)F)cc1. The molecular weight excluding hydrogens is 280 g/mol. The highest BCUT2D eigenvalue weighted by Crippen LogP contribution is 2.22. The van der Waals surface area contributed by atoms with E-state index in [1.807, 2.05) is 6.92 Å². The Balaban J connectivity index is 1.86. The van der Waals surface area contributed by atoms with Crippen molar-refractivity contribution in [3.8, 4) is 5.75 Å². The van der Waals surface area contributed by atoms with Crippen LogP contribution >= 0.6 is 0 Å². The van der Waals surface area contributed by atoms with Crippen LogP contribution in [-0.2, 0) is 4.74 Å². The number of hydrogen-bond donors (Lipinski definition) is 2. The van der Waals surface area contributed by atoms with Crippen molar-refractivity contribution in [2.75, 3.05) is 19.8 Å². The van der Waals surface area contributed by atoms with Crippen LogP contribution in [0.25, 0.3) is 0 Å². The molecule has 21 heavy (non-hydrogen) atoms. The van der Waals surface area contributed by atoms with Crippen LogP contribution in [0.15, 0.2) is 24.3 Å². The zero-order valence-electron chi connectivity index (χ0n) is 12.0. The predicted molar refractivity (Wildman–Crippen MR) is 74.5 cm³/mol. The third-order valence-electron chi connectivity index (χ3n) is 3.77. The van der Waals surface area contributed by atoms with E-state index in [0.29, 0.717) is 32.6 Å². The molecule has 0 amide bonds. The number of hydrogen-bond acceptors (Lipinski definition) is 4. The number of rotatable bonds is 6. The molecule has 0 aromatic heterocycles. The molecule has 0 spiro atoms. The molecule has 0 bridgehead atoms. The molecule has 1 unspecified atom stereocenters. The topological polar surface area (TPSA) is 50.7 Å². The molecule has 0 saturated carbocycles. The number of alkyl halides is 2. The molecule has 1 fully saturated rings. The summed E-state index contributed by atoms with van der Waals surface area (Å²) in [5, 5.41) is 13.6. The van der Waals surface area contributed by atoms with Gasteiger partial charge in [0, 0.05) is 38.6 Å². The van der Waals surface area contributed by atoms with E-state index in [4.69, 9.17) is 4.74 Å². The van der Waals surface area contributed by atoms with Crippen LogP contribution in [0.4, 0.5) is 8.78 Å². The van der Waals surface area contributed by atoms with Gasteiger partial charge in [-0.05, 0) is 24.6 Å². The Bertz CT molecular complexity index is 433. The Kier molecular flexibility index (Phi) is 5.50. The maximum Gasteiger partial charge on any atom is 0.387 e. The van der Waals surface area contributed by atoms with E-state index < -0.39 is 12.2 Å². The first-order valence-electron chi connectivity index (χ1n) is 7.07. The van der Waals surface area contributed by atoms with Crippen molar-refractivity contribution in [1.29, 1.82) is 0 Å². The first-order chi connectivity index (χ1) is 9.98. The minimum atomic E-state index is -2.81. The average molecular weight is 301 g/mol. The number of aliphatic hydroxyl groups is 1. The van der Waals surface area contributed by atoms with Crippen LogP contribution in [-0.4, -0.2) is 37.1 Å². The van der Waals surface area contributed by atoms with Crippen LogP contribution in [0.5, 0.6) is 5.75 Å². The van der Waals surface area contributed by atoms with Gasteiger partial charge in [0.15, 0.2) is 0 Å². The lowest BCUT2D eigenvalue weighted by Crippen LogP contribution is -2.45. The molecular formula is C15H21F2NO3. The van der Waals surface area contributed by atoms with Crippen molar-refractivity contribution >= 4 is 0 Å². The molecule has 4 nitrogen and oxygen atoms in total. The predicted octanol–water partition coefficient (Wildman–Crippen LogP) is 2.48. The second-order valence-electron chi connectivity index (χ2n) is 5.39. The molecule has 2 rings (SSSR count). The lowest BCUT2D eigenvalue weighted by molar-refractivity contribution is -0.0626. The van der Waals surface area contributed by atoms with Crippen molar-refractivity contribution < 1.29 is 23.4 Å². The molecule has 1 aromatic carbocycles. The quantitative estimate of drug-likeness (QED) is 0.847. The fraction of sp³-hybridized carbons (Fsp3) is 0.600. The van der Waals surface area contributed by atoms with Gasteiger partial charge in [-0.2, -0.15) is 8.78 Å². The summed E-state index contributed by atoms with van der Waals surface area (Å²) < 4.78 is 33.7. The van der Waals surface area contributed by atoms with Crippen molar-refractivity contribution in [3.63, 3.8) is 0 Å². The third-order valence-corrected chi connectivity index (χ3v) is 3.77. The van der Waals surface area contributed by atoms with Gasteiger partial charge >= 0.3 is 6.61 Å². The molecule has 1 aromatic rings. The highest BCUT2D eigenvalue weighted by atomic mass is 19.3. The standard InChI is InChI=1S/C15H21F2NO3/c1-11(18-10-15(19)6-8-20-9-7-15)12-2-4-13(5-3-12)21-14(16)17/h2-5,11,14,18-19H,6-10H2,1H3.